The molecule has 0 radical (unpaired) electrons. The van der Waals surface area contributed by atoms with Crippen LogP contribution in [0.1, 0.15) is 107 Å². The van der Waals surface area contributed by atoms with Crippen LogP contribution >= 0.6 is 0 Å². The smallest absolute Gasteiger partial charge is 0.338 e. The van der Waals surface area contributed by atoms with E-state index in [9.17, 15) is 4.79 Å². The molecule has 0 aromatic heterocycles. The molecule has 0 fully saturated rings. The molecule has 9 nitrogen and oxygen atoms in total. The Bertz CT molecular complexity index is 2360. The van der Waals surface area contributed by atoms with Crippen LogP contribution in [0.4, 0.5) is 34.1 Å². The largest absolute Gasteiger partial charge is 0.465 e. The average molecular weight is 795 g/mol. The number of carbonyl (C=O) groups is 1. The zero-order valence-corrected chi connectivity index (χ0v) is 35.8. The number of fused-ring (bicyclic) bond motifs is 2. The summed E-state index contributed by atoms with van der Waals surface area (Å²) < 4.78 is 12.2. The van der Waals surface area contributed by atoms with Crippen molar-refractivity contribution in [3.63, 3.8) is 0 Å². The second kappa shape index (κ2) is 20.8. The monoisotopic (exact) mass is 794 g/mol. The van der Waals surface area contributed by atoms with E-state index in [0.29, 0.717) is 16.9 Å². The Balaban J connectivity index is 1.57. The van der Waals surface area contributed by atoms with Gasteiger partial charge < -0.3 is 36.2 Å². The van der Waals surface area contributed by atoms with Crippen LogP contribution in [0.15, 0.2) is 100 Å². The van der Waals surface area contributed by atoms with Crippen molar-refractivity contribution in [3.8, 4) is 22.5 Å². The molecule has 0 amide bonds. The summed E-state index contributed by atoms with van der Waals surface area (Å²) in [6.45, 7) is 13.4. The van der Waals surface area contributed by atoms with Gasteiger partial charge >= 0.3 is 5.97 Å². The second-order valence-electron chi connectivity index (χ2n) is 15.4. The van der Waals surface area contributed by atoms with E-state index < -0.39 is 5.97 Å². The predicted octanol–water partition coefficient (Wildman–Crippen LogP) is 12.7. The number of benzene rings is 5. The Hall–Kier alpha value is -5.80. The number of hydrogen-bond acceptors (Lipinski definition) is 9. The fourth-order valence-electron chi connectivity index (χ4n) is 7.52. The second-order valence-corrected chi connectivity index (χ2v) is 15.4. The molecule has 1 aliphatic carbocycles. The van der Waals surface area contributed by atoms with Crippen molar-refractivity contribution in [2.24, 2.45) is 10.7 Å². The quantitative estimate of drug-likeness (QED) is 0.0294. The number of unbranched alkanes of at least 4 members (excludes halogenated alkanes) is 3. The van der Waals surface area contributed by atoms with Crippen molar-refractivity contribution in [1.29, 1.82) is 0 Å². The molecule has 4 aromatic carbocycles. The maximum atomic E-state index is 13.3. The number of esters is 1. The first-order valence-electron chi connectivity index (χ1n) is 21.5. The molecule has 1 aliphatic heterocycles. The summed E-state index contributed by atoms with van der Waals surface area (Å²) >= 11 is 0. The number of rotatable bonds is 20. The van der Waals surface area contributed by atoms with E-state index in [1.807, 2.05) is 43.3 Å². The molecule has 9 heteroatoms. The molecule has 0 saturated heterocycles. The van der Waals surface area contributed by atoms with Crippen LogP contribution in [0.3, 0.4) is 0 Å². The standard InChI is InChI=1S/C50H62N6O3/c1-7-11-27-52-42-18-14-17-37(41(51)16-10-4)48(42)55-34-22-25-38-45(31-34)59-46-32-35(23-26-39(46)47(38)40-30-33(5)21-24-36(40)50(57)58-6)56-49-43(53-28-12-8-2)19-15-20-44(49)54-29-13-9-3/h14-15,17-26,30-32,41,52-54,56H,7-13,16,27-29,51H2,1-6H3. The summed E-state index contributed by atoms with van der Waals surface area (Å²) in [5.41, 5.74) is 18.2. The van der Waals surface area contributed by atoms with Gasteiger partial charge in [-0.05, 0) is 92.3 Å². The first-order chi connectivity index (χ1) is 28.8. The number of hydrogen-bond donors (Lipinski definition) is 5. The number of aryl methyl sites for hydroxylation is 1. The van der Waals surface area contributed by atoms with Crippen LogP contribution in [-0.2, 0) is 4.74 Å². The van der Waals surface area contributed by atoms with E-state index in [4.69, 9.17) is 19.9 Å². The van der Waals surface area contributed by atoms with Crippen molar-refractivity contribution in [2.45, 2.75) is 92.0 Å². The number of methoxy groups -OCH3 is 1. The third-order valence-corrected chi connectivity index (χ3v) is 10.7. The summed E-state index contributed by atoms with van der Waals surface area (Å²) in [6.07, 6.45) is 8.33. The molecule has 310 valence electrons. The van der Waals surface area contributed by atoms with Crippen LogP contribution in [0.25, 0.3) is 33.4 Å². The first-order valence-corrected chi connectivity index (χ1v) is 21.5. The molecular weight excluding hydrogens is 733 g/mol. The zero-order chi connectivity index (χ0) is 41.7. The van der Waals surface area contributed by atoms with Crippen LogP contribution in [0, 0.1) is 6.92 Å². The highest BCUT2D eigenvalue weighted by Crippen LogP contribution is 2.43. The van der Waals surface area contributed by atoms with Gasteiger partial charge in [-0.3, -0.25) is 0 Å². The lowest BCUT2D eigenvalue weighted by molar-refractivity contribution is 0.0601. The molecule has 1 heterocycles. The topological polar surface area (TPSA) is 126 Å². The van der Waals surface area contributed by atoms with E-state index in [-0.39, 0.29) is 6.04 Å². The molecule has 4 aromatic rings. The Kier molecular flexibility index (Phi) is 15.1. The van der Waals surface area contributed by atoms with Crippen LogP contribution in [0.5, 0.6) is 0 Å². The molecule has 1 unspecified atom stereocenters. The maximum absolute atomic E-state index is 13.3. The van der Waals surface area contributed by atoms with Gasteiger partial charge in [0, 0.05) is 60.0 Å². The van der Waals surface area contributed by atoms with Gasteiger partial charge in [0.1, 0.15) is 11.3 Å². The number of nitrogens with zero attached hydrogens (tertiary/aromatic N) is 1. The van der Waals surface area contributed by atoms with Crippen molar-refractivity contribution in [2.75, 3.05) is 48.0 Å². The minimum atomic E-state index is -0.398. The van der Waals surface area contributed by atoms with Crippen LogP contribution in [-0.4, -0.2) is 32.7 Å². The Labute approximate surface area is 350 Å². The lowest BCUT2D eigenvalue weighted by Crippen LogP contribution is -2.12. The summed E-state index contributed by atoms with van der Waals surface area (Å²) in [7, 11) is 1.42. The van der Waals surface area contributed by atoms with Crippen molar-refractivity contribution in [3.05, 3.63) is 113 Å². The van der Waals surface area contributed by atoms with E-state index in [2.05, 4.69) is 104 Å². The summed E-state index contributed by atoms with van der Waals surface area (Å²) in [4.78, 5) is 18.6. The molecule has 2 aliphatic rings. The summed E-state index contributed by atoms with van der Waals surface area (Å²) in [5, 5.41) is 16.3. The number of carbonyl (C=O) groups excluding carboxylic acids is 1. The highest BCUT2D eigenvalue weighted by molar-refractivity contribution is 6.08. The molecule has 0 saturated carbocycles. The Morgan fingerprint density at radius 1 is 0.746 bits per heavy atom. The average Bonchev–Trinajstić information content (AvgIpc) is 3.24. The number of para-hydroxylation sites is 2. The normalized spacial score (nSPS) is 12.2. The molecular formula is C50H62N6O3. The van der Waals surface area contributed by atoms with Crippen molar-refractivity contribution >= 4 is 51.1 Å². The summed E-state index contributed by atoms with van der Waals surface area (Å²) in [5.74, 6) is 0.244. The maximum Gasteiger partial charge on any atom is 0.338 e. The van der Waals surface area contributed by atoms with Gasteiger partial charge in [0.25, 0.3) is 0 Å². The zero-order valence-electron chi connectivity index (χ0n) is 35.8. The highest BCUT2D eigenvalue weighted by atomic mass is 16.5. The molecule has 0 bridgehead atoms. The molecule has 1 atom stereocenters. The minimum Gasteiger partial charge on any atom is -0.465 e. The molecule has 6 rings (SSSR count). The Morgan fingerprint density at radius 3 is 2.07 bits per heavy atom. The van der Waals surface area contributed by atoms with Gasteiger partial charge in [-0.2, -0.15) is 0 Å². The van der Waals surface area contributed by atoms with Crippen molar-refractivity contribution < 1.29 is 13.9 Å². The number of ether oxygens (including phenoxy) is 1. The van der Waals surface area contributed by atoms with E-state index in [1.54, 1.807) is 0 Å². The highest BCUT2D eigenvalue weighted by Gasteiger charge is 2.23. The third-order valence-electron chi connectivity index (χ3n) is 10.7. The molecule has 6 N–H and O–H groups in total. The lowest BCUT2D eigenvalue weighted by atomic mass is 9.89. The summed E-state index contributed by atoms with van der Waals surface area (Å²) in [6, 6.07) is 30.5. The van der Waals surface area contributed by atoms with E-state index in [1.165, 1.54) is 7.11 Å². The van der Waals surface area contributed by atoms with E-state index in [0.717, 1.165) is 144 Å². The molecule has 0 spiro atoms. The van der Waals surface area contributed by atoms with Gasteiger partial charge in [-0.25, -0.2) is 9.79 Å². The Morgan fingerprint density at radius 2 is 1.41 bits per heavy atom. The fourth-order valence-corrected chi connectivity index (χ4v) is 7.52. The van der Waals surface area contributed by atoms with Crippen LogP contribution < -0.4 is 32.4 Å². The van der Waals surface area contributed by atoms with E-state index >= 15 is 0 Å². The van der Waals surface area contributed by atoms with Crippen LogP contribution in [0.2, 0.25) is 0 Å². The third kappa shape index (κ3) is 10.3. The van der Waals surface area contributed by atoms with Gasteiger partial charge in [0.15, 0.2) is 0 Å². The number of nitrogens with two attached hydrogens (primary N) is 1. The van der Waals surface area contributed by atoms with Gasteiger partial charge in [-0.1, -0.05) is 89.3 Å². The fraction of sp³-hybridized carbons (Fsp3) is 0.360. The number of anilines is 5. The van der Waals surface area contributed by atoms with Gasteiger partial charge in [0.2, 0.25) is 0 Å². The first kappa shape index (κ1) is 42.8. The number of nitrogens with one attached hydrogen (secondary N) is 4. The lowest BCUT2D eigenvalue weighted by Gasteiger charge is -2.21. The van der Waals surface area contributed by atoms with Gasteiger partial charge in [0.05, 0.1) is 46.5 Å². The molecule has 59 heavy (non-hydrogen) atoms. The predicted molar refractivity (Wildman–Crippen MR) is 248 cm³/mol. The minimum absolute atomic E-state index is 0.148. The SMILES string of the molecule is CCCCNc1cccc(C(N)CCC)c1N=c1ccc2c(-c3cc(C)ccc3C(=O)OC)c3ccc(Nc4c(NCCCC)cccc4NCCCC)cc3oc-2c1. The van der Waals surface area contributed by atoms with Gasteiger partial charge in [-0.15, -0.1) is 0 Å². The van der Waals surface area contributed by atoms with Crippen molar-refractivity contribution in [1.82, 2.24) is 0 Å².